The molecule has 154 valence electrons. The topological polar surface area (TPSA) is 58.6 Å². The number of nitrogens with one attached hydrogen (secondary N) is 1. The van der Waals surface area contributed by atoms with Crippen LogP contribution >= 0.6 is 0 Å². The second-order valence-electron chi connectivity index (χ2n) is 7.58. The smallest absolute Gasteiger partial charge is 0.265 e. The Morgan fingerprint density at radius 1 is 1.21 bits per heavy atom. The highest BCUT2D eigenvalue weighted by molar-refractivity contribution is 5.97. The van der Waals surface area contributed by atoms with E-state index in [-0.39, 0.29) is 17.9 Å². The molecule has 0 aromatic heterocycles. The number of hydrogen-bond acceptors (Lipinski definition) is 3. The number of carbonyl (C=O) groups excluding carboxylic acids is 2. The number of ether oxygens (including phenoxy) is 1. The summed E-state index contributed by atoms with van der Waals surface area (Å²) in [5.41, 5.74) is 2.04. The van der Waals surface area contributed by atoms with Gasteiger partial charge in [-0.15, -0.1) is 0 Å². The molecule has 29 heavy (non-hydrogen) atoms. The van der Waals surface area contributed by atoms with Crippen molar-refractivity contribution in [3.63, 3.8) is 0 Å². The zero-order valence-corrected chi connectivity index (χ0v) is 17.1. The zero-order chi connectivity index (χ0) is 21.0. The van der Waals surface area contributed by atoms with E-state index in [1.807, 2.05) is 11.8 Å². The lowest BCUT2D eigenvalue weighted by Gasteiger charge is -2.33. The minimum Gasteiger partial charge on any atom is -0.481 e. The molecule has 2 atom stereocenters. The van der Waals surface area contributed by atoms with Crippen LogP contribution in [0.15, 0.2) is 42.5 Å². The van der Waals surface area contributed by atoms with Gasteiger partial charge < -0.3 is 15.0 Å². The first-order chi connectivity index (χ1) is 13.8. The normalized spacial score (nSPS) is 17.5. The number of hydrogen-bond donors (Lipinski definition) is 1. The van der Waals surface area contributed by atoms with E-state index in [0.717, 1.165) is 31.4 Å². The van der Waals surface area contributed by atoms with E-state index in [0.29, 0.717) is 17.0 Å². The molecule has 3 rings (SSSR count). The third-order valence-electron chi connectivity index (χ3n) is 5.27. The summed E-state index contributed by atoms with van der Waals surface area (Å²) in [6, 6.07) is 11.2. The average Bonchev–Trinajstić information content (AvgIpc) is 2.69. The molecule has 0 bridgehead atoms. The van der Waals surface area contributed by atoms with Gasteiger partial charge in [0.05, 0.1) is 0 Å². The van der Waals surface area contributed by atoms with Gasteiger partial charge in [0.25, 0.3) is 11.8 Å². The van der Waals surface area contributed by atoms with Crippen LogP contribution in [0.4, 0.5) is 10.1 Å². The average molecular weight is 398 g/mol. The molecule has 0 radical (unpaired) electrons. The van der Waals surface area contributed by atoms with E-state index in [4.69, 9.17) is 4.74 Å². The van der Waals surface area contributed by atoms with Crippen molar-refractivity contribution in [2.75, 3.05) is 11.9 Å². The number of nitrogens with zero attached hydrogens (tertiary/aromatic N) is 1. The second-order valence-corrected chi connectivity index (χ2v) is 7.58. The van der Waals surface area contributed by atoms with E-state index in [9.17, 15) is 14.0 Å². The molecule has 2 amide bonds. The third kappa shape index (κ3) is 5.13. The highest BCUT2D eigenvalue weighted by Gasteiger charge is 2.24. The summed E-state index contributed by atoms with van der Waals surface area (Å²) in [6.45, 7) is 6.32. The van der Waals surface area contributed by atoms with Gasteiger partial charge in [-0.1, -0.05) is 6.07 Å². The largest absolute Gasteiger partial charge is 0.481 e. The van der Waals surface area contributed by atoms with Gasteiger partial charge in [0, 0.05) is 29.9 Å². The van der Waals surface area contributed by atoms with Crippen molar-refractivity contribution < 1.29 is 18.7 Å². The number of piperidine rings is 1. The van der Waals surface area contributed by atoms with Crippen molar-refractivity contribution in [1.29, 1.82) is 0 Å². The van der Waals surface area contributed by atoms with Crippen molar-refractivity contribution in [1.82, 2.24) is 4.90 Å². The first kappa shape index (κ1) is 20.8. The van der Waals surface area contributed by atoms with E-state index in [1.54, 1.807) is 31.2 Å². The number of carbonyl (C=O) groups is 2. The lowest BCUT2D eigenvalue weighted by molar-refractivity contribution is -0.122. The molecule has 5 nitrogen and oxygen atoms in total. The second kappa shape index (κ2) is 9.07. The number of aryl methyl sites for hydroxylation is 1. The van der Waals surface area contributed by atoms with E-state index < -0.39 is 11.9 Å². The van der Waals surface area contributed by atoms with Gasteiger partial charge in [-0.25, -0.2) is 4.39 Å². The van der Waals surface area contributed by atoms with Crippen LogP contribution in [0.25, 0.3) is 0 Å². The zero-order valence-electron chi connectivity index (χ0n) is 17.1. The Morgan fingerprint density at radius 3 is 2.69 bits per heavy atom. The Labute approximate surface area is 170 Å². The molecule has 1 fully saturated rings. The molecule has 0 saturated carbocycles. The van der Waals surface area contributed by atoms with Crippen LogP contribution in [0.5, 0.6) is 5.75 Å². The van der Waals surface area contributed by atoms with Crippen LogP contribution in [0.3, 0.4) is 0 Å². The fraction of sp³-hybridized carbons (Fsp3) is 0.391. The van der Waals surface area contributed by atoms with Crippen LogP contribution in [-0.4, -0.2) is 35.4 Å². The Balaban J connectivity index is 1.65. The molecular formula is C23H27FN2O3. The highest BCUT2D eigenvalue weighted by Crippen LogP contribution is 2.23. The lowest BCUT2D eigenvalue weighted by atomic mass is 10.0. The molecule has 6 heteroatoms. The number of amides is 2. The molecule has 1 aliphatic rings. The molecule has 1 heterocycles. The maximum atomic E-state index is 13.3. The number of likely N-dealkylation sites (tertiary alicyclic amines) is 1. The maximum Gasteiger partial charge on any atom is 0.265 e. The van der Waals surface area contributed by atoms with Crippen molar-refractivity contribution in [2.24, 2.45) is 0 Å². The number of benzene rings is 2. The van der Waals surface area contributed by atoms with Gasteiger partial charge in [-0.2, -0.15) is 0 Å². The predicted molar refractivity (Wildman–Crippen MR) is 111 cm³/mol. The van der Waals surface area contributed by atoms with E-state index >= 15 is 0 Å². The molecular weight excluding hydrogens is 371 g/mol. The quantitative estimate of drug-likeness (QED) is 0.804. The van der Waals surface area contributed by atoms with Crippen molar-refractivity contribution in [2.45, 2.75) is 52.2 Å². The summed E-state index contributed by atoms with van der Waals surface area (Å²) in [4.78, 5) is 27.2. The van der Waals surface area contributed by atoms with Crippen molar-refractivity contribution in [3.8, 4) is 5.75 Å². The predicted octanol–water partition coefficient (Wildman–Crippen LogP) is 4.55. The summed E-state index contributed by atoms with van der Waals surface area (Å²) >= 11 is 0. The number of halogens is 1. The summed E-state index contributed by atoms with van der Waals surface area (Å²) in [6.07, 6.45) is 2.42. The summed E-state index contributed by atoms with van der Waals surface area (Å²) in [5.74, 6) is -0.447. The minimum atomic E-state index is -0.799. The van der Waals surface area contributed by atoms with Gasteiger partial charge in [0.15, 0.2) is 6.10 Å². The van der Waals surface area contributed by atoms with Crippen LogP contribution in [-0.2, 0) is 4.79 Å². The standard InChI is InChI=1S/C23H27FN2O3/c1-15-13-18(23(28)26-12-5-4-7-16(26)2)10-11-21(15)25-22(27)17(3)29-20-9-6-8-19(24)14-20/h6,8-11,13-14,16-17H,4-5,7,12H2,1-3H3,(H,25,27). The fourth-order valence-corrected chi connectivity index (χ4v) is 3.53. The molecule has 1 aliphatic heterocycles. The molecule has 0 aliphatic carbocycles. The Hall–Kier alpha value is -2.89. The molecule has 1 saturated heterocycles. The monoisotopic (exact) mass is 398 g/mol. The third-order valence-corrected chi connectivity index (χ3v) is 5.27. The Bertz CT molecular complexity index is 899. The summed E-state index contributed by atoms with van der Waals surface area (Å²) in [7, 11) is 0. The van der Waals surface area contributed by atoms with Gasteiger partial charge in [0.1, 0.15) is 11.6 Å². The number of rotatable bonds is 5. The fourth-order valence-electron chi connectivity index (χ4n) is 3.53. The SMILES string of the molecule is Cc1cc(C(=O)N2CCCCC2C)ccc1NC(=O)C(C)Oc1cccc(F)c1. The maximum absolute atomic E-state index is 13.3. The van der Waals surface area contributed by atoms with Gasteiger partial charge in [0.2, 0.25) is 0 Å². The van der Waals surface area contributed by atoms with E-state index in [2.05, 4.69) is 12.2 Å². The number of anilines is 1. The van der Waals surface area contributed by atoms with E-state index in [1.165, 1.54) is 18.2 Å². The Kier molecular flexibility index (Phi) is 6.52. The van der Waals surface area contributed by atoms with Gasteiger partial charge in [-0.3, -0.25) is 9.59 Å². The first-order valence-electron chi connectivity index (χ1n) is 10.00. The molecule has 2 aromatic rings. The van der Waals surface area contributed by atoms with Crippen LogP contribution < -0.4 is 10.1 Å². The lowest BCUT2D eigenvalue weighted by Crippen LogP contribution is -2.42. The Morgan fingerprint density at radius 2 is 2.00 bits per heavy atom. The first-order valence-corrected chi connectivity index (χ1v) is 10.00. The van der Waals surface area contributed by atoms with Crippen LogP contribution in [0.2, 0.25) is 0 Å². The van der Waals surface area contributed by atoms with Crippen molar-refractivity contribution in [3.05, 3.63) is 59.4 Å². The minimum absolute atomic E-state index is 0.0287. The molecule has 0 spiro atoms. The molecule has 2 aromatic carbocycles. The van der Waals surface area contributed by atoms with Crippen LogP contribution in [0, 0.1) is 12.7 Å². The molecule has 1 N–H and O–H groups in total. The van der Waals surface area contributed by atoms with Crippen LogP contribution in [0.1, 0.15) is 49.0 Å². The van der Waals surface area contributed by atoms with Crippen molar-refractivity contribution >= 4 is 17.5 Å². The van der Waals surface area contributed by atoms with Gasteiger partial charge in [-0.05, 0) is 75.9 Å². The summed E-state index contributed by atoms with van der Waals surface area (Å²) < 4.78 is 18.8. The summed E-state index contributed by atoms with van der Waals surface area (Å²) in [5, 5.41) is 2.82. The highest BCUT2D eigenvalue weighted by atomic mass is 19.1. The van der Waals surface area contributed by atoms with Gasteiger partial charge >= 0.3 is 0 Å². The molecule has 2 unspecified atom stereocenters.